The summed E-state index contributed by atoms with van der Waals surface area (Å²) in [5, 5.41) is 7.65. The fourth-order valence-corrected chi connectivity index (χ4v) is 2.84. The summed E-state index contributed by atoms with van der Waals surface area (Å²) in [5.41, 5.74) is 1.98. The number of nitrogens with one attached hydrogen (secondary N) is 2. The monoisotopic (exact) mass is 345 g/mol. The van der Waals surface area contributed by atoms with E-state index in [1.165, 1.54) is 0 Å². The van der Waals surface area contributed by atoms with Gasteiger partial charge in [0.25, 0.3) is 5.91 Å². The highest BCUT2D eigenvalue weighted by Gasteiger charge is 2.30. The molecule has 0 radical (unpaired) electrons. The molecule has 1 aliphatic carbocycles. The van der Waals surface area contributed by atoms with Gasteiger partial charge in [0.2, 0.25) is 5.91 Å². The smallest absolute Gasteiger partial charge is 0.258 e. The van der Waals surface area contributed by atoms with Gasteiger partial charge in [-0.1, -0.05) is 30.3 Å². The van der Waals surface area contributed by atoms with Crippen LogP contribution in [0.1, 0.15) is 28.8 Å². The van der Waals surface area contributed by atoms with Crippen LogP contribution in [0.25, 0.3) is 10.8 Å². The summed E-state index contributed by atoms with van der Waals surface area (Å²) in [6, 6.07) is 15.1. The van der Waals surface area contributed by atoms with Crippen LogP contribution in [-0.4, -0.2) is 16.8 Å². The number of aromatic nitrogens is 1. The molecule has 4 rings (SSSR count). The molecule has 2 aromatic carbocycles. The van der Waals surface area contributed by atoms with Crippen LogP contribution < -0.4 is 10.6 Å². The Labute approximate surface area is 151 Å². The lowest BCUT2D eigenvalue weighted by Crippen LogP contribution is -2.19. The molecule has 0 saturated heterocycles. The summed E-state index contributed by atoms with van der Waals surface area (Å²) in [4.78, 5) is 29.3. The maximum atomic E-state index is 12.8. The molecule has 1 fully saturated rings. The molecule has 5 heteroatoms. The summed E-state index contributed by atoms with van der Waals surface area (Å²) < 4.78 is 0. The van der Waals surface area contributed by atoms with Crippen LogP contribution in [-0.2, 0) is 4.79 Å². The van der Waals surface area contributed by atoms with Crippen molar-refractivity contribution in [2.75, 3.05) is 10.6 Å². The summed E-state index contributed by atoms with van der Waals surface area (Å²) in [6.45, 7) is 1.94. The van der Waals surface area contributed by atoms with Crippen LogP contribution >= 0.6 is 0 Å². The number of anilines is 2. The topological polar surface area (TPSA) is 71.1 Å². The number of carbonyl (C=O) groups excluding carboxylic acids is 2. The van der Waals surface area contributed by atoms with Crippen LogP contribution in [0.15, 0.2) is 54.7 Å². The quantitative estimate of drug-likeness (QED) is 0.746. The molecule has 3 aromatic rings. The normalized spacial score (nSPS) is 13.4. The van der Waals surface area contributed by atoms with E-state index in [4.69, 9.17) is 0 Å². The lowest BCUT2D eigenvalue weighted by Gasteiger charge is -2.13. The van der Waals surface area contributed by atoms with Crippen molar-refractivity contribution in [3.8, 4) is 0 Å². The van der Waals surface area contributed by atoms with Crippen molar-refractivity contribution >= 4 is 34.1 Å². The highest BCUT2D eigenvalue weighted by atomic mass is 16.2. The minimum Gasteiger partial charge on any atom is -0.325 e. The van der Waals surface area contributed by atoms with E-state index in [1.54, 1.807) is 18.3 Å². The molecular formula is C21H19N3O2. The first-order valence-corrected chi connectivity index (χ1v) is 8.68. The van der Waals surface area contributed by atoms with Gasteiger partial charge in [-0.15, -0.1) is 0 Å². The Morgan fingerprint density at radius 1 is 1.00 bits per heavy atom. The van der Waals surface area contributed by atoms with Gasteiger partial charge in [0.05, 0.1) is 11.3 Å². The molecule has 1 aliphatic rings. The van der Waals surface area contributed by atoms with Crippen molar-refractivity contribution in [3.63, 3.8) is 0 Å². The van der Waals surface area contributed by atoms with E-state index in [2.05, 4.69) is 15.6 Å². The van der Waals surface area contributed by atoms with Crippen LogP contribution in [0.4, 0.5) is 11.5 Å². The Morgan fingerprint density at radius 3 is 2.38 bits per heavy atom. The van der Waals surface area contributed by atoms with Gasteiger partial charge >= 0.3 is 0 Å². The Morgan fingerprint density at radius 2 is 1.73 bits per heavy atom. The van der Waals surface area contributed by atoms with Crippen molar-refractivity contribution in [1.82, 2.24) is 4.98 Å². The Hall–Kier alpha value is -3.21. The molecule has 1 aromatic heterocycles. The zero-order chi connectivity index (χ0) is 18.1. The van der Waals surface area contributed by atoms with E-state index in [0.717, 1.165) is 29.2 Å². The second-order valence-corrected chi connectivity index (χ2v) is 6.68. The number of nitrogens with zero attached hydrogens (tertiary/aromatic N) is 1. The van der Waals surface area contributed by atoms with Gasteiger partial charge in [-0.05, 0) is 54.3 Å². The molecule has 2 N–H and O–H groups in total. The number of amides is 2. The first-order chi connectivity index (χ1) is 12.6. The second-order valence-electron chi connectivity index (χ2n) is 6.68. The average Bonchev–Trinajstić information content (AvgIpc) is 3.48. The fraction of sp³-hybridized carbons (Fsp3) is 0.190. The Kier molecular flexibility index (Phi) is 4.13. The number of fused-ring (bicyclic) bond motifs is 1. The molecule has 0 aliphatic heterocycles. The maximum absolute atomic E-state index is 12.8. The van der Waals surface area contributed by atoms with Gasteiger partial charge in [0.1, 0.15) is 5.82 Å². The first kappa shape index (κ1) is 16.3. The van der Waals surface area contributed by atoms with Gasteiger partial charge in [0.15, 0.2) is 0 Å². The largest absolute Gasteiger partial charge is 0.325 e. The highest BCUT2D eigenvalue weighted by molar-refractivity contribution is 6.12. The minimum atomic E-state index is -0.293. The third-order valence-corrected chi connectivity index (χ3v) is 4.49. The van der Waals surface area contributed by atoms with Gasteiger partial charge in [-0.25, -0.2) is 4.98 Å². The molecule has 1 saturated carbocycles. The van der Waals surface area contributed by atoms with Gasteiger partial charge in [-0.3, -0.25) is 9.59 Å². The number of rotatable bonds is 4. The van der Waals surface area contributed by atoms with Gasteiger partial charge in [0, 0.05) is 12.1 Å². The van der Waals surface area contributed by atoms with E-state index in [0.29, 0.717) is 17.1 Å². The van der Waals surface area contributed by atoms with E-state index in [-0.39, 0.29) is 17.7 Å². The van der Waals surface area contributed by atoms with Crippen molar-refractivity contribution < 1.29 is 9.59 Å². The first-order valence-electron chi connectivity index (χ1n) is 8.68. The number of aryl methyl sites for hydroxylation is 1. The molecule has 5 nitrogen and oxygen atoms in total. The summed E-state index contributed by atoms with van der Waals surface area (Å²) in [5.74, 6) is 0.227. The standard InChI is InChI=1S/C21H19N3O2/c1-13-6-9-19(22-12-13)24-21(26)17-10-15-4-2-3-5-16(15)11-18(17)23-20(25)14-7-8-14/h2-6,9-12,14H,7-8H2,1H3,(H,23,25)(H,22,24,26). The molecule has 0 unspecified atom stereocenters. The Bertz CT molecular complexity index is 992. The zero-order valence-electron chi connectivity index (χ0n) is 14.5. The number of carbonyl (C=O) groups is 2. The zero-order valence-corrected chi connectivity index (χ0v) is 14.5. The van der Waals surface area contributed by atoms with Gasteiger partial charge in [-0.2, -0.15) is 0 Å². The van der Waals surface area contributed by atoms with Crippen LogP contribution in [0.3, 0.4) is 0 Å². The molecule has 0 bridgehead atoms. The fourth-order valence-electron chi connectivity index (χ4n) is 2.84. The van der Waals surface area contributed by atoms with Gasteiger partial charge < -0.3 is 10.6 Å². The van der Waals surface area contributed by atoms with Crippen molar-refractivity contribution in [1.29, 1.82) is 0 Å². The third-order valence-electron chi connectivity index (χ3n) is 4.49. The van der Waals surface area contributed by atoms with E-state index < -0.39 is 0 Å². The van der Waals surface area contributed by atoms with E-state index in [9.17, 15) is 9.59 Å². The van der Waals surface area contributed by atoms with Crippen molar-refractivity contribution in [2.45, 2.75) is 19.8 Å². The third kappa shape index (κ3) is 3.42. The summed E-state index contributed by atoms with van der Waals surface area (Å²) in [6.07, 6.45) is 3.52. The number of hydrogen-bond acceptors (Lipinski definition) is 3. The lowest BCUT2D eigenvalue weighted by atomic mass is 10.0. The van der Waals surface area contributed by atoms with Crippen LogP contribution in [0.5, 0.6) is 0 Å². The van der Waals surface area contributed by atoms with Crippen LogP contribution in [0, 0.1) is 12.8 Å². The van der Waals surface area contributed by atoms with E-state index >= 15 is 0 Å². The highest BCUT2D eigenvalue weighted by Crippen LogP contribution is 2.32. The lowest BCUT2D eigenvalue weighted by molar-refractivity contribution is -0.117. The molecule has 1 heterocycles. The molecule has 0 spiro atoms. The minimum absolute atomic E-state index is 0.0252. The number of benzene rings is 2. The predicted octanol–water partition coefficient (Wildman–Crippen LogP) is 4.14. The van der Waals surface area contributed by atoms with E-state index in [1.807, 2.05) is 43.3 Å². The summed E-state index contributed by atoms with van der Waals surface area (Å²) in [7, 11) is 0. The SMILES string of the molecule is Cc1ccc(NC(=O)c2cc3ccccc3cc2NC(=O)C2CC2)nc1. The number of hydrogen-bond donors (Lipinski definition) is 2. The second kappa shape index (κ2) is 6.59. The molecule has 26 heavy (non-hydrogen) atoms. The molecular weight excluding hydrogens is 326 g/mol. The predicted molar refractivity (Wildman–Crippen MR) is 102 cm³/mol. The number of pyridine rings is 1. The van der Waals surface area contributed by atoms with Crippen LogP contribution in [0.2, 0.25) is 0 Å². The molecule has 130 valence electrons. The Balaban J connectivity index is 1.69. The van der Waals surface area contributed by atoms with Crippen molar-refractivity contribution in [3.05, 3.63) is 65.9 Å². The maximum Gasteiger partial charge on any atom is 0.258 e. The molecule has 0 atom stereocenters. The average molecular weight is 345 g/mol. The van der Waals surface area contributed by atoms with Crippen molar-refractivity contribution in [2.24, 2.45) is 5.92 Å². The molecule has 2 amide bonds. The summed E-state index contributed by atoms with van der Waals surface area (Å²) >= 11 is 0.